The molecule has 12 heavy (non-hydrogen) atoms. The topological polar surface area (TPSA) is 29.5 Å². The van der Waals surface area contributed by atoms with E-state index in [1.54, 1.807) is 0 Å². The molecule has 2 heterocycles. The van der Waals surface area contributed by atoms with Crippen LogP contribution in [0.3, 0.4) is 0 Å². The molecular weight excluding hydrogens is 174 g/mol. The summed E-state index contributed by atoms with van der Waals surface area (Å²) in [7, 11) is 0. The minimum atomic E-state index is -0.0955. The van der Waals surface area contributed by atoms with Crippen molar-refractivity contribution in [3.05, 3.63) is 0 Å². The SMILES string of the molecule is OC1CSC[N+]2(CCOCC2)C1. The monoisotopic (exact) mass is 190 g/mol. The van der Waals surface area contributed by atoms with Crippen LogP contribution in [-0.4, -0.2) is 60.2 Å². The Morgan fingerprint density at radius 1 is 1.33 bits per heavy atom. The van der Waals surface area contributed by atoms with Gasteiger partial charge in [0.2, 0.25) is 0 Å². The van der Waals surface area contributed by atoms with Crippen LogP contribution in [0.15, 0.2) is 0 Å². The van der Waals surface area contributed by atoms with Gasteiger partial charge in [0.25, 0.3) is 0 Å². The first-order valence-electron chi connectivity index (χ1n) is 4.49. The lowest BCUT2D eigenvalue weighted by Gasteiger charge is -2.44. The van der Waals surface area contributed by atoms with Crippen molar-refractivity contribution in [1.82, 2.24) is 0 Å². The van der Waals surface area contributed by atoms with E-state index < -0.39 is 0 Å². The maximum Gasteiger partial charge on any atom is 0.126 e. The van der Waals surface area contributed by atoms with Gasteiger partial charge in [0.15, 0.2) is 0 Å². The van der Waals surface area contributed by atoms with Crippen molar-refractivity contribution < 1.29 is 14.3 Å². The Labute approximate surface area is 77.3 Å². The Balaban J connectivity index is 1.97. The van der Waals surface area contributed by atoms with Gasteiger partial charge in [0.1, 0.15) is 31.6 Å². The van der Waals surface area contributed by atoms with Crippen molar-refractivity contribution in [2.24, 2.45) is 0 Å². The van der Waals surface area contributed by atoms with Gasteiger partial charge >= 0.3 is 0 Å². The molecule has 2 saturated heterocycles. The van der Waals surface area contributed by atoms with E-state index in [1.165, 1.54) is 5.88 Å². The highest BCUT2D eigenvalue weighted by Gasteiger charge is 2.36. The van der Waals surface area contributed by atoms with Crippen molar-refractivity contribution in [3.63, 3.8) is 0 Å². The van der Waals surface area contributed by atoms with E-state index in [-0.39, 0.29) is 6.10 Å². The summed E-state index contributed by atoms with van der Waals surface area (Å²) in [5.41, 5.74) is 0. The molecule has 4 heteroatoms. The molecule has 2 aliphatic heterocycles. The summed E-state index contributed by atoms with van der Waals surface area (Å²) in [5, 5.41) is 9.55. The third-order valence-electron chi connectivity index (χ3n) is 2.69. The average Bonchev–Trinajstić information content (AvgIpc) is 2.05. The number of quaternary nitrogens is 1. The van der Waals surface area contributed by atoms with E-state index in [2.05, 4.69) is 0 Å². The largest absolute Gasteiger partial charge is 0.386 e. The second-order valence-electron chi connectivity index (χ2n) is 3.74. The number of nitrogens with zero attached hydrogens (tertiary/aromatic N) is 1. The first-order chi connectivity index (χ1) is 5.81. The lowest BCUT2D eigenvalue weighted by molar-refractivity contribution is -0.927. The molecule has 2 aliphatic rings. The second-order valence-corrected chi connectivity index (χ2v) is 4.74. The van der Waals surface area contributed by atoms with E-state index in [0.29, 0.717) is 0 Å². The predicted octanol–water partition coefficient (Wildman–Crippen LogP) is -0.101. The second kappa shape index (κ2) is 3.54. The Bertz CT molecular complexity index is 154. The summed E-state index contributed by atoms with van der Waals surface area (Å²) in [6, 6.07) is 0. The van der Waals surface area contributed by atoms with Crippen LogP contribution in [0.2, 0.25) is 0 Å². The highest BCUT2D eigenvalue weighted by Crippen LogP contribution is 2.24. The molecule has 3 nitrogen and oxygen atoms in total. The number of aliphatic hydroxyl groups is 1. The maximum atomic E-state index is 9.55. The maximum absolute atomic E-state index is 9.55. The molecule has 70 valence electrons. The van der Waals surface area contributed by atoms with Crippen LogP contribution in [0, 0.1) is 0 Å². The summed E-state index contributed by atoms with van der Waals surface area (Å²) in [6.45, 7) is 4.85. The highest BCUT2D eigenvalue weighted by atomic mass is 32.2. The van der Waals surface area contributed by atoms with Gasteiger partial charge in [-0.2, -0.15) is 0 Å². The fourth-order valence-corrected chi connectivity index (χ4v) is 3.21. The fourth-order valence-electron chi connectivity index (χ4n) is 1.98. The third-order valence-corrected chi connectivity index (χ3v) is 4.04. The zero-order valence-corrected chi connectivity index (χ0v) is 8.05. The number of aliphatic hydroxyl groups excluding tert-OH is 1. The Kier molecular flexibility index (Phi) is 2.60. The summed E-state index contributed by atoms with van der Waals surface area (Å²) in [4.78, 5) is 0. The van der Waals surface area contributed by atoms with Gasteiger partial charge in [-0.05, 0) is 0 Å². The van der Waals surface area contributed by atoms with Crippen LogP contribution in [0.1, 0.15) is 0 Å². The van der Waals surface area contributed by atoms with Gasteiger partial charge in [-0.1, -0.05) is 11.8 Å². The van der Waals surface area contributed by atoms with Crippen LogP contribution in [0.25, 0.3) is 0 Å². The normalized spacial score (nSPS) is 35.2. The Morgan fingerprint density at radius 2 is 2.08 bits per heavy atom. The molecule has 1 unspecified atom stereocenters. The van der Waals surface area contributed by atoms with E-state index in [0.717, 1.165) is 43.1 Å². The number of thioether (sulfide) groups is 1. The van der Waals surface area contributed by atoms with Crippen molar-refractivity contribution in [1.29, 1.82) is 0 Å². The molecule has 0 amide bonds. The van der Waals surface area contributed by atoms with E-state index in [4.69, 9.17) is 4.74 Å². The Hall–Kier alpha value is 0.230. The Morgan fingerprint density at radius 3 is 2.75 bits per heavy atom. The van der Waals surface area contributed by atoms with Crippen LogP contribution in [0.4, 0.5) is 0 Å². The first kappa shape index (κ1) is 8.81. The molecule has 0 radical (unpaired) electrons. The van der Waals surface area contributed by atoms with Gasteiger partial charge in [0, 0.05) is 5.75 Å². The van der Waals surface area contributed by atoms with Gasteiger partial charge in [-0.3, -0.25) is 0 Å². The minimum absolute atomic E-state index is 0.0955. The van der Waals surface area contributed by atoms with Crippen molar-refractivity contribution >= 4 is 11.8 Å². The molecular formula is C8H16NO2S+. The number of hydrogen-bond acceptors (Lipinski definition) is 3. The van der Waals surface area contributed by atoms with Crippen molar-refractivity contribution in [3.8, 4) is 0 Å². The quantitative estimate of drug-likeness (QED) is 0.541. The van der Waals surface area contributed by atoms with Crippen LogP contribution in [0.5, 0.6) is 0 Å². The zero-order valence-electron chi connectivity index (χ0n) is 7.24. The molecule has 2 fully saturated rings. The fraction of sp³-hybridized carbons (Fsp3) is 1.00. The highest BCUT2D eigenvalue weighted by molar-refractivity contribution is 7.99. The van der Waals surface area contributed by atoms with Crippen LogP contribution >= 0.6 is 11.8 Å². The van der Waals surface area contributed by atoms with Gasteiger partial charge in [-0.25, -0.2) is 0 Å². The standard InChI is InChI=1S/C8H16NO2S/c10-8-5-9(7-12-6-8)1-3-11-4-2-9/h8,10H,1-7H2/q+1. The number of hydrogen-bond donors (Lipinski definition) is 1. The molecule has 0 saturated carbocycles. The summed E-state index contributed by atoms with van der Waals surface area (Å²) in [5.74, 6) is 2.08. The number of morpholine rings is 1. The van der Waals surface area contributed by atoms with Crippen molar-refractivity contribution in [2.75, 3.05) is 44.5 Å². The predicted molar refractivity (Wildman–Crippen MR) is 49.0 cm³/mol. The zero-order chi connectivity index (χ0) is 8.44. The smallest absolute Gasteiger partial charge is 0.126 e. The molecule has 1 atom stereocenters. The summed E-state index contributed by atoms with van der Waals surface area (Å²) in [6.07, 6.45) is -0.0955. The summed E-state index contributed by atoms with van der Waals surface area (Å²) < 4.78 is 6.40. The molecule has 0 aromatic heterocycles. The van der Waals surface area contributed by atoms with Gasteiger partial charge < -0.3 is 14.3 Å². The number of ether oxygens (including phenoxy) is 1. The molecule has 0 aromatic carbocycles. The van der Waals surface area contributed by atoms with E-state index in [1.807, 2.05) is 11.8 Å². The average molecular weight is 190 g/mol. The van der Waals surface area contributed by atoms with E-state index in [9.17, 15) is 5.11 Å². The molecule has 1 N–H and O–H groups in total. The minimum Gasteiger partial charge on any atom is -0.386 e. The van der Waals surface area contributed by atoms with Crippen molar-refractivity contribution in [2.45, 2.75) is 6.10 Å². The third kappa shape index (κ3) is 1.76. The first-order valence-corrected chi connectivity index (χ1v) is 5.65. The summed E-state index contributed by atoms with van der Waals surface area (Å²) >= 11 is 1.88. The lowest BCUT2D eigenvalue weighted by Crippen LogP contribution is -2.60. The van der Waals surface area contributed by atoms with E-state index >= 15 is 0 Å². The molecule has 0 bridgehead atoms. The lowest BCUT2D eigenvalue weighted by atomic mass is 10.2. The van der Waals surface area contributed by atoms with Gasteiger partial charge in [-0.15, -0.1) is 0 Å². The van der Waals surface area contributed by atoms with Crippen LogP contribution < -0.4 is 0 Å². The van der Waals surface area contributed by atoms with Gasteiger partial charge in [0.05, 0.1) is 13.2 Å². The molecule has 2 rings (SSSR count). The van der Waals surface area contributed by atoms with Crippen LogP contribution in [-0.2, 0) is 4.74 Å². The molecule has 0 aromatic rings. The number of rotatable bonds is 0. The molecule has 1 spiro atoms. The molecule has 0 aliphatic carbocycles.